The molecule has 1 aromatic heterocycles. The summed E-state index contributed by atoms with van der Waals surface area (Å²) in [6, 6.07) is 14.2. The molecule has 3 amide bonds. The van der Waals surface area contributed by atoms with Crippen molar-refractivity contribution in [3.63, 3.8) is 0 Å². The van der Waals surface area contributed by atoms with Crippen LogP contribution in [-0.2, 0) is 38.4 Å². The van der Waals surface area contributed by atoms with Gasteiger partial charge >= 0.3 is 5.97 Å². The zero-order chi connectivity index (χ0) is 27.5. The molecular weight excluding hydrogens is 488 g/mol. The number of carboxylic acid groups (broad SMARTS) is 1. The highest BCUT2D eigenvalue weighted by Gasteiger charge is 2.29. The molecule has 3 rings (SSSR count). The van der Waals surface area contributed by atoms with Crippen molar-refractivity contribution in [1.82, 2.24) is 25.9 Å². The number of hydrogen-bond acceptors (Lipinski definition) is 6. The van der Waals surface area contributed by atoms with E-state index in [0.717, 1.165) is 11.1 Å². The number of carboxylic acids is 1. The molecule has 0 bridgehead atoms. The van der Waals surface area contributed by atoms with Gasteiger partial charge in [0.25, 0.3) is 0 Å². The van der Waals surface area contributed by atoms with Crippen LogP contribution in [0.4, 0.5) is 0 Å². The number of aromatic nitrogens is 2. The second-order valence-electron chi connectivity index (χ2n) is 8.96. The molecule has 11 heteroatoms. The molecule has 0 fully saturated rings. The zero-order valence-corrected chi connectivity index (χ0v) is 21.0. The number of imidazole rings is 1. The van der Waals surface area contributed by atoms with Crippen molar-refractivity contribution in [2.45, 2.75) is 50.4 Å². The number of hydrogen-bond donors (Lipinski definition) is 6. The van der Waals surface area contributed by atoms with E-state index in [1.54, 1.807) is 0 Å². The molecule has 1 heterocycles. The summed E-state index contributed by atoms with van der Waals surface area (Å²) < 4.78 is 0. The summed E-state index contributed by atoms with van der Waals surface area (Å²) in [6.07, 6.45) is 3.33. The molecule has 7 N–H and O–H groups in total. The van der Waals surface area contributed by atoms with Crippen LogP contribution in [0.3, 0.4) is 0 Å². The van der Waals surface area contributed by atoms with E-state index in [2.05, 4.69) is 25.9 Å². The standard InChI is InChI=1S/C27H32N6O5/c1-17(24(34)33-23(27(37)38)14-20-15-29-16-30-20)31-26(36)22(13-19-10-6-3-7-11-19)32-25(35)21(28)12-18-8-4-2-5-9-18/h2-11,15-17,21-23H,12-14,28H2,1H3,(H,29,30)(H,31,36)(H,32,35)(H,33,34)(H,37,38). The topological polar surface area (TPSA) is 179 Å². The molecule has 4 unspecified atom stereocenters. The number of amides is 3. The quantitative estimate of drug-likeness (QED) is 0.188. The van der Waals surface area contributed by atoms with Gasteiger partial charge in [0.1, 0.15) is 18.1 Å². The molecule has 0 aliphatic heterocycles. The number of nitrogens with two attached hydrogens (primary N) is 1. The lowest BCUT2D eigenvalue weighted by atomic mass is 10.0. The van der Waals surface area contributed by atoms with Crippen molar-refractivity contribution in [2.75, 3.05) is 0 Å². The number of rotatable bonds is 13. The molecule has 0 aliphatic carbocycles. The van der Waals surface area contributed by atoms with Crippen LogP contribution in [0.2, 0.25) is 0 Å². The fourth-order valence-electron chi connectivity index (χ4n) is 3.79. The van der Waals surface area contributed by atoms with Crippen LogP contribution >= 0.6 is 0 Å². The Bertz CT molecular complexity index is 1200. The Kier molecular flexibility index (Phi) is 10.1. The molecule has 4 atom stereocenters. The number of carbonyl (C=O) groups is 4. The smallest absolute Gasteiger partial charge is 0.326 e. The largest absolute Gasteiger partial charge is 0.480 e. The minimum absolute atomic E-state index is 0.00622. The molecule has 11 nitrogen and oxygen atoms in total. The Hall–Kier alpha value is -4.51. The number of nitrogens with one attached hydrogen (secondary N) is 4. The summed E-state index contributed by atoms with van der Waals surface area (Å²) >= 11 is 0. The van der Waals surface area contributed by atoms with Gasteiger partial charge in [-0.05, 0) is 24.5 Å². The van der Waals surface area contributed by atoms with Crippen LogP contribution < -0.4 is 21.7 Å². The van der Waals surface area contributed by atoms with E-state index in [1.807, 2.05) is 60.7 Å². The van der Waals surface area contributed by atoms with Crippen LogP contribution in [0, 0.1) is 0 Å². The van der Waals surface area contributed by atoms with Gasteiger partial charge in [0.2, 0.25) is 17.7 Å². The molecular formula is C27H32N6O5. The molecule has 0 saturated carbocycles. The molecule has 0 spiro atoms. The van der Waals surface area contributed by atoms with E-state index in [9.17, 15) is 24.3 Å². The Morgan fingerprint density at radius 3 is 1.95 bits per heavy atom. The molecule has 0 saturated heterocycles. The fraction of sp³-hybridized carbons (Fsp3) is 0.296. The summed E-state index contributed by atoms with van der Waals surface area (Å²) in [5, 5.41) is 17.2. The maximum atomic E-state index is 13.2. The minimum Gasteiger partial charge on any atom is -0.480 e. The van der Waals surface area contributed by atoms with Gasteiger partial charge in [0.15, 0.2) is 0 Å². The lowest BCUT2D eigenvalue weighted by Gasteiger charge is -2.23. The van der Waals surface area contributed by atoms with Crippen molar-refractivity contribution in [1.29, 1.82) is 0 Å². The summed E-state index contributed by atoms with van der Waals surface area (Å²) in [4.78, 5) is 57.0. The van der Waals surface area contributed by atoms with Crippen molar-refractivity contribution in [3.8, 4) is 0 Å². The third kappa shape index (κ3) is 8.56. The van der Waals surface area contributed by atoms with Crippen molar-refractivity contribution in [2.24, 2.45) is 5.73 Å². The number of aromatic amines is 1. The van der Waals surface area contributed by atoms with Crippen molar-refractivity contribution < 1.29 is 24.3 Å². The van der Waals surface area contributed by atoms with Crippen molar-refractivity contribution >= 4 is 23.7 Å². The number of nitrogens with zero attached hydrogens (tertiary/aromatic N) is 1. The Labute approximate surface area is 220 Å². The maximum Gasteiger partial charge on any atom is 0.326 e. The molecule has 38 heavy (non-hydrogen) atoms. The second-order valence-corrected chi connectivity index (χ2v) is 8.96. The molecule has 0 aliphatic rings. The van der Waals surface area contributed by atoms with Gasteiger partial charge in [-0.15, -0.1) is 0 Å². The maximum absolute atomic E-state index is 13.2. The number of aliphatic carboxylic acids is 1. The SMILES string of the molecule is CC(NC(=O)C(Cc1ccccc1)NC(=O)C(N)Cc1ccccc1)C(=O)NC(Cc1cnc[nH]1)C(=O)O. The van der Waals surface area contributed by atoms with E-state index in [0.29, 0.717) is 5.69 Å². The number of H-pyrrole nitrogens is 1. The van der Waals surface area contributed by atoms with Crippen LogP contribution in [0.15, 0.2) is 73.2 Å². The van der Waals surface area contributed by atoms with Crippen LogP contribution in [-0.4, -0.2) is 62.9 Å². The van der Waals surface area contributed by atoms with Gasteiger partial charge < -0.3 is 31.8 Å². The van der Waals surface area contributed by atoms with E-state index in [4.69, 9.17) is 5.73 Å². The third-order valence-electron chi connectivity index (χ3n) is 5.90. The summed E-state index contributed by atoms with van der Waals surface area (Å²) in [5.74, 6) is -3.02. The van der Waals surface area contributed by atoms with E-state index in [1.165, 1.54) is 19.4 Å². The first-order valence-electron chi connectivity index (χ1n) is 12.2. The summed E-state index contributed by atoms with van der Waals surface area (Å²) in [7, 11) is 0. The average molecular weight is 521 g/mol. The predicted octanol–water partition coefficient (Wildman–Crippen LogP) is 0.324. The Morgan fingerprint density at radius 1 is 0.816 bits per heavy atom. The van der Waals surface area contributed by atoms with Crippen LogP contribution in [0.1, 0.15) is 23.7 Å². The Morgan fingerprint density at radius 2 is 1.39 bits per heavy atom. The van der Waals surface area contributed by atoms with Gasteiger partial charge in [-0.2, -0.15) is 0 Å². The summed E-state index contributed by atoms with van der Waals surface area (Å²) in [5.41, 5.74) is 8.32. The van der Waals surface area contributed by atoms with Gasteiger partial charge in [-0.25, -0.2) is 9.78 Å². The van der Waals surface area contributed by atoms with Gasteiger partial charge in [0, 0.05) is 24.7 Å². The highest BCUT2D eigenvalue weighted by atomic mass is 16.4. The third-order valence-corrected chi connectivity index (χ3v) is 5.90. The average Bonchev–Trinajstić information content (AvgIpc) is 3.42. The normalized spacial score (nSPS) is 13.9. The van der Waals surface area contributed by atoms with Crippen molar-refractivity contribution in [3.05, 3.63) is 90.0 Å². The number of benzene rings is 2. The van der Waals surface area contributed by atoms with E-state index >= 15 is 0 Å². The first-order valence-corrected chi connectivity index (χ1v) is 12.2. The molecule has 0 radical (unpaired) electrons. The Balaban J connectivity index is 1.65. The first-order chi connectivity index (χ1) is 18.2. The van der Waals surface area contributed by atoms with Crippen LogP contribution in [0.5, 0.6) is 0 Å². The zero-order valence-electron chi connectivity index (χ0n) is 21.0. The van der Waals surface area contributed by atoms with Crippen LogP contribution in [0.25, 0.3) is 0 Å². The predicted molar refractivity (Wildman–Crippen MR) is 140 cm³/mol. The highest BCUT2D eigenvalue weighted by molar-refractivity contribution is 5.94. The molecule has 2 aromatic carbocycles. The fourth-order valence-corrected chi connectivity index (χ4v) is 3.79. The lowest BCUT2D eigenvalue weighted by Crippen LogP contribution is -2.57. The highest BCUT2D eigenvalue weighted by Crippen LogP contribution is 2.07. The minimum atomic E-state index is -1.23. The monoisotopic (exact) mass is 520 g/mol. The first kappa shape index (κ1) is 28.1. The van der Waals surface area contributed by atoms with Gasteiger partial charge in [-0.3, -0.25) is 14.4 Å². The summed E-state index contributed by atoms with van der Waals surface area (Å²) in [6.45, 7) is 1.44. The number of carbonyl (C=O) groups excluding carboxylic acids is 3. The lowest BCUT2D eigenvalue weighted by molar-refractivity contribution is -0.142. The van der Waals surface area contributed by atoms with Gasteiger partial charge in [0.05, 0.1) is 12.4 Å². The second kappa shape index (κ2) is 13.7. The van der Waals surface area contributed by atoms with E-state index in [-0.39, 0.29) is 19.3 Å². The van der Waals surface area contributed by atoms with E-state index < -0.39 is 47.9 Å². The molecule has 3 aromatic rings. The molecule has 200 valence electrons. The van der Waals surface area contributed by atoms with Gasteiger partial charge in [-0.1, -0.05) is 60.7 Å².